The summed E-state index contributed by atoms with van der Waals surface area (Å²) in [6.45, 7) is 6.51. The second-order valence-corrected chi connectivity index (χ2v) is 5.11. The van der Waals surface area contributed by atoms with Crippen LogP contribution in [0.1, 0.15) is 20.8 Å². The van der Waals surface area contributed by atoms with Crippen molar-refractivity contribution in [2.45, 2.75) is 38.6 Å². The molecular weight excluding hydrogens is 220 g/mol. The molecule has 6 heteroatoms. The maximum absolute atomic E-state index is 9.58. The Morgan fingerprint density at radius 1 is 1.65 bits per heavy atom. The highest BCUT2D eigenvalue weighted by Crippen LogP contribution is 2.35. The number of anilines is 1. The average molecular weight is 240 g/mol. The van der Waals surface area contributed by atoms with Crippen LogP contribution in [0.5, 0.6) is 5.88 Å². The lowest BCUT2D eigenvalue weighted by Crippen LogP contribution is -2.71. The number of aryl methyl sites for hydroxylation is 1. The second kappa shape index (κ2) is 3.89. The topological polar surface area (TPSA) is 76.5 Å². The van der Waals surface area contributed by atoms with Crippen molar-refractivity contribution in [2.75, 3.05) is 12.3 Å². The quantitative estimate of drug-likeness (QED) is 0.788. The molecule has 0 radical (unpaired) electrons. The van der Waals surface area contributed by atoms with Crippen LogP contribution >= 0.6 is 0 Å². The third kappa shape index (κ3) is 1.98. The molecule has 0 aliphatic carbocycles. The van der Waals surface area contributed by atoms with E-state index in [4.69, 9.17) is 10.5 Å². The Hall–Kier alpha value is -1.27. The molecule has 1 aromatic heterocycles. The molecule has 2 heterocycles. The number of aliphatic hydroxyl groups is 1. The van der Waals surface area contributed by atoms with Crippen LogP contribution in [0.3, 0.4) is 0 Å². The lowest BCUT2D eigenvalue weighted by Gasteiger charge is -2.55. The third-order valence-corrected chi connectivity index (χ3v) is 3.42. The van der Waals surface area contributed by atoms with Gasteiger partial charge in [-0.1, -0.05) is 0 Å². The highest BCUT2D eigenvalue weighted by atomic mass is 16.5. The SMILES string of the molecule is CC(O)N1CC(Oc2nn(C)cc2N)C1(C)C. The minimum atomic E-state index is -0.467. The van der Waals surface area contributed by atoms with Gasteiger partial charge in [-0.2, -0.15) is 0 Å². The van der Waals surface area contributed by atoms with Crippen molar-refractivity contribution < 1.29 is 9.84 Å². The standard InChI is InChI=1S/C11H20N4O2/c1-7(16)15-6-9(11(15,2)3)17-10-8(12)5-14(4)13-10/h5,7,9,16H,6,12H2,1-4H3. The summed E-state index contributed by atoms with van der Waals surface area (Å²) in [6.07, 6.45) is 1.24. The molecule has 1 fully saturated rings. The average Bonchev–Trinajstić information content (AvgIpc) is 2.50. The zero-order valence-electron chi connectivity index (χ0n) is 10.7. The lowest BCUT2D eigenvalue weighted by molar-refractivity contribution is -0.173. The molecule has 2 atom stereocenters. The number of rotatable bonds is 3. The van der Waals surface area contributed by atoms with Gasteiger partial charge in [-0.3, -0.25) is 9.58 Å². The molecule has 1 aliphatic heterocycles. The molecule has 3 N–H and O–H groups in total. The van der Waals surface area contributed by atoms with Crippen molar-refractivity contribution in [2.24, 2.45) is 7.05 Å². The van der Waals surface area contributed by atoms with Crippen LogP contribution in [0.25, 0.3) is 0 Å². The number of aromatic nitrogens is 2. The molecule has 17 heavy (non-hydrogen) atoms. The van der Waals surface area contributed by atoms with Crippen LogP contribution in [0, 0.1) is 0 Å². The molecule has 0 saturated carbocycles. The zero-order valence-corrected chi connectivity index (χ0v) is 10.7. The molecule has 0 bridgehead atoms. The summed E-state index contributed by atoms with van der Waals surface area (Å²) in [5, 5.41) is 13.7. The van der Waals surface area contributed by atoms with E-state index in [1.54, 1.807) is 24.9 Å². The summed E-state index contributed by atoms with van der Waals surface area (Å²) in [5.74, 6) is 0.468. The smallest absolute Gasteiger partial charge is 0.256 e. The van der Waals surface area contributed by atoms with Gasteiger partial charge in [-0.15, -0.1) is 5.10 Å². The second-order valence-electron chi connectivity index (χ2n) is 5.11. The van der Waals surface area contributed by atoms with Crippen LogP contribution in [-0.4, -0.2) is 44.2 Å². The molecule has 0 spiro atoms. The molecule has 1 aliphatic rings. The molecule has 6 nitrogen and oxygen atoms in total. The Labute approximate surface area is 101 Å². The number of hydrogen-bond donors (Lipinski definition) is 2. The maximum atomic E-state index is 9.58. The first-order chi connectivity index (χ1) is 7.82. The number of likely N-dealkylation sites (tertiary alicyclic amines) is 1. The van der Waals surface area contributed by atoms with Crippen molar-refractivity contribution in [1.82, 2.24) is 14.7 Å². The first-order valence-electron chi connectivity index (χ1n) is 5.73. The number of nitrogens with zero attached hydrogens (tertiary/aromatic N) is 3. The monoisotopic (exact) mass is 240 g/mol. The van der Waals surface area contributed by atoms with Gasteiger partial charge < -0.3 is 15.6 Å². The van der Waals surface area contributed by atoms with Crippen molar-refractivity contribution >= 4 is 5.69 Å². The third-order valence-electron chi connectivity index (χ3n) is 3.42. The minimum absolute atomic E-state index is 0.00528. The van der Waals surface area contributed by atoms with E-state index < -0.39 is 6.23 Å². The fourth-order valence-electron chi connectivity index (χ4n) is 2.24. The van der Waals surface area contributed by atoms with Gasteiger partial charge in [-0.05, 0) is 20.8 Å². The molecule has 1 aromatic rings. The lowest BCUT2D eigenvalue weighted by atomic mass is 9.85. The van der Waals surface area contributed by atoms with E-state index in [0.717, 1.165) is 0 Å². The van der Waals surface area contributed by atoms with Crippen LogP contribution in [0.15, 0.2) is 6.20 Å². The molecule has 0 amide bonds. The highest BCUT2D eigenvalue weighted by molar-refractivity contribution is 5.46. The summed E-state index contributed by atoms with van der Waals surface area (Å²) < 4.78 is 7.42. The number of hydrogen-bond acceptors (Lipinski definition) is 5. The van der Waals surface area contributed by atoms with Crippen molar-refractivity contribution in [1.29, 1.82) is 0 Å². The normalized spacial score (nSPS) is 25.4. The van der Waals surface area contributed by atoms with Crippen molar-refractivity contribution in [3.05, 3.63) is 6.20 Å². The summed E-state index contributed by atoms with van der Waals surface area (Å²) in [5.41, 5.74) is 6.11. The minimum Gasteiger partial charge on any atom is -0.469 e. The Kier molecular flexibility index (Phi) is 2.79. The van der Waals surface area contributed by atoms with Gasteiger partial charge in [0, 0.05) is 13.6 Å². The van der Waals surface area contributed by atoms with Crippen LogP contribution < -0.4 is 10.5 Å². The van der Waals surface area contributed by atoms with E-state index in [1.807, 2.05) is 18.7 Å². The van der Waals surface area contributed by atoms with E-state index in [0.29, 0.717) is 18.1 Å². The number of ether oxygens (including phenoxy) is 1. The van der Waals surface area contributed by atoms with Gasteiger partial charge in [0.1, 0.15) is 18.0 Å². The molecule has 2 unspecified atom stereocenters. The number of nitrogens with two attached hydrogens (primary N) is 1. The first-order valence-corrected chi connectivity index (χ1v) is 5.73. The number of nitrogen functional groups attached to an aromatic ring is 1. The van der Waals surface area contributed by atoms with E-state index in [-0.39, 0.29) is 11.6 Å². The molecule has 0 aromatic carbocycles. The van der Waals surface area contributed by atoms with Crippen molar-refractivity contribution in [3.63, 3.8) is 0 Å². The Morgan fingerprint density at radius 3 is 2.71 bits per heavy atom. The van der Waals surface area contributed by atoms with E-state index in [1.165, 1.54) is 0 Å². The van der Waals surface area contributed by atoms with Gasteiger partial charge >= 0.3 is 0 Å². The summed E-state index contributed by atoms with van der Waals surface area (Å²) >= 11 is 0. The van der Waals surface area contributed by atoms with Gasteiger partial charge in [0.05, 0.1) is 11.7 Å². The summed E-state index contributed by atoms with van der Waals surface area (Å²) in [7, 11) is 1.80. The van der Waals surface area contributed by atoms with Gasteiger partial charge in [0.25, 0.3) is 5.88 Å². The molecule has 96 valence electrons. The van der Waals surface area contributed by atoms with Crippen LogP contribution in [0.4, 0.5) is 5.69 Å². The van der Waals surface area contributed by atoms with Gasteiger partial charge in [0.2, 0.25) is 0 Å². The van der Waals surface area contributed by atoms with Crippen molar-refractivity contribution in [3.8, 4) is 5.88 Å². The highest BCUT2D eigenvalue weighted by Gasteiger charge is 2.50. The predicted molar refractivity (Wildman–Crippen MR) is 64.5 cm³/mol. The van der Waals surface area contributed by atoms with Crippen LogP contribution in [-0.2, 0) is 7.05 Å². The Morgan fingerprint density at radius 2 is 2.29 bits per heavy atom. The summed E-state index contributed by atoms with van der Waals surface area (Å²) in [6, 6.07) is 0. The molecule has 1 saturated heterocycles. The molecule has 2 rings (SSSR count). The van der Waals surface area contributed by atoms with E-state index >= 15 is 0 Å². The first kappa shape index (κ1) is 12.2. The maximum Gasteiger partial charge on any atom is 0.256 e. The van der Waals surface area contributed by atoms with Gasteiger partial charge in [0.15, 0.2) is 0 Å². The fraction of sp³-hybridized carbons (Fsp3) is 0.727. The van der Waals surface area contributed by atoms with E-state index in [2.05, 4.69) is 5.10 Å². The van der Waals surface area contributed by atoms with E-state index in [9.17, 15) is 5.11 Å². The Bertz CT molecular complexity index is 414. The number of aliphatic hydroxyl groups excluding tert-OH is 1. The fourth-order valence-corrected chi connectivity index (χ4v) is 2.24. The largest absolute Gasteiger partial charge is 0.469 e. The summed E-state index contributed by atoms with van der Waals surface area (Å²) in [4.78, 5) is 1.97. The Balaban J connectivity index is 2.05. The van der Waals surface area contributed by atoms with Crippen LogP contribution in [0.2, 0.25) is 0 Å². The predicted octanol–water partition coefficient (Wildman–Crippen LogP) is 0.182. The zero-order chi connectivity index (χ0) is 12.8. The van der Waals surface area contributed by atoms with Gasteiger partial charge in [-0.25, -0.2) is 0 Å². The molecular formula is C11H20N4O2.